The van der Waals surface area contributed by atoms with Crippen LogP contribution in [0.3, 0.4) is 0 Å². The largest absolute Gasteiger partial charge is 0.507 e. The van der Waals surface area contributed by atoms with Gasteiger partial charge in [0.2, 0.25) is 0 Å². The molecule has 0 aromatic heterocycles. The fourth-order valence-electron chi connectivity index (χ4n) is 1.47. The molecule has 0 saturated heterocycles. The van der Waals surface area contributed by atoms with Gasteiger partial charge in [0.25, 0.3) is 0 Å². The molecular weight excluding hydrogens is 308 g/mol. The fourth-order valence-corrected chi connectivity index (χ4v) is 1.85. The van der Waals surface area contributed by atoms with Gasteiger partial charge >= 0.3 is 0 Å². The lowest BCUT2D eigenvalue weighted by molar-refractivity contribution is 0.415. The first-order valence-corrected chi connectivity index (χ1v) is 6.40. The Bertz CT molecular complexity index is 582. The number of anilines is 1. The summed E-state index contributed by atoms with van der Waals surface area (Å²) in [5.74, 6) is 0.975. The summed E-state index contributed by atoms with van der Waals surface area (Å²) in [6.45, 7) is 0. The summed E-state index contributed by atoms with van der Waals surface area (Å²) >= 11 is 3.34. The van der Waals surface area contributed by atoms with Crippen molar-refractivity contribution in [3.05, 3.63) is 52.5 Å². The number of nitrogens with one attached hydrogen (secondary N) is 1. The SMILES string of the molecule is COc1ccc(N/N=C/c2cc(Br)ccc2O)cc1. The molecule has 19 heavy (non-hydrogen) atoms. The molecule has 0 heterocycles. The van der Waals surface area contributed by atoms with Crippen LogP contribution < -0.4 is 10.2 Å². The van der Waals surface area contributed by atoms with Crippen molar-refractivity contribution >= 4 is 27.8 Å². The minimum absolute atomic E-state index is 0.184. The van der Waals surface area contributed by atoms with E-state index in [0.717, 1.165) is 15.9 Å². The molecule has 0 amide bonds. The summed E-state index contributed by atoms with van der Waals surface area (Å²) < 4.78 is 5.95. The molecular formula is C14H13BrN2O2. The van der Waals surface area contributed by atoms with E-state index in [4.69, 9.17) is 4.74 Å². The molecule has 2 aromatic rings. The smallest absolute Gasteiger partial charge is 0.124 e. The second-order valence-electron chi connectivity index (χ2n) is 3.80. The van der Waals surface area contributed by atoms with Gasteiger partial charge in [-0.15, -0.1) is 0 Å². The Kier molecular flexibility index (Phi) is 4.41. The van der Waals surface area contributed by atoms with E-state index < -0.39 is 0 Å². The maximum Gasteiger partial charge on any atom is 0.124 e. The van der Waals surface area contributed by atoms with Gasteiger partial charge < -0.3 is 9.84 Å². The molecule has 98 valence electrons. The first-order valence-electron chi connectivity index (χ1n) is 5.60. The van der Waals surface area contributed by atoms with E-state index in [1.54, 1.807) is 31.5 Å². The predicted molar refractivity (Wildman–Crippen MR) is 80.0 cm³/mol. The second-order valence-corrected chi connectivity index (χ2v) is 4.72. The summed E-state index contributed by atoms with van der Waals surface area (Å²) in [5, 5.41) is 13.7. The fraction of sp³-hybridized carbons (Fsp3) is 0.0714. The zero-order chi connectivity index (χ0) is 13.7. The van der Waals surface area contributed by atoms with Crippen LogP contribution in [0.25, 0.3) is 0 Å². The molecule has 4 nitrogen and oxygen atoms in total. The van der Waals surface area contributed by atoms with Crippen LogP contribution >= 0.6 is 15.9 Å². The summed E-state index contributed by atoms with van der Waals surface area (Å²) in [4.78, 5) is 0. The van der Waals surface area contributed by atoms with Gasteiger partial charge in [-0.1, -0.05) is 15.9 Å². The zero-order valence-corrected chi connectivity index (χ0v) is 11.9. The number of hydrogen-bond acceptors (Lipinski definition) is 4. The van der Waals surface area contributed by atoms with Crippen molar-refractivity contribution in [2.24, 2.45) is 5.10 Å². The van der Waals surface area contributed by atoms with Gasteiger partial charge in [-0.3, -0.25) is 5.43 Å². The molecule has 2 rings (SSSR count). The van der Waals surface area contributed by atoms with Crippen LogP contribution in [0.1, 0.15) is 5.56 Å². The Morgan fingerprint density at radius 3 is 2.63 bits per heavy atom. The minimum atomic E-state index is 0.184. The molecule has 2 aromatic carbocycles. The third kappa shape index (κ3) is 3.72. The summed E-state index contributed by atoms with van der Waals surface area (Å²) in [7, 11) is 1.62. The maximum absolute atomic E-state index is 9.64. The van der Waals surface area contributed by atoms with E-state index in [1.807, 2.05) is 24.3 Å². The van der Waals surface area contributed by atoms with Crippen LogP contribution in [0, 0.1) is 0 Å². The third-order valence-corrected chi connectivity index (χ3v) is 2.97. The highest BCUT2D eigenvalue weighted by molar-refractivity contribution is 9.10. The van der Waals surface area contributed by atoms with E-state index in [9.17, 15) is 5.11 Å². The monoisotopic (exact) mass is 320 g/mol. The van der Waals surface area contributed by atoms with Gasteiger partial charge in [-0.05, 0) is 42.5 Å². The molecule has 0 aliphatic heterocycles. The van der Waals surface area contributed by atoms with Crippen LogP contribution in [0.15, 0.2) is 52.0 Å². The van der Waals surface area contributed by atoms with Crippen LogP contribution in [-0.2, 0) is 0 Å². The van der Waals surface area contributed by atoms with Crippen molar-refractivity contribution in [2.75, 3.05) is 12.5 Å². The molecule has 0 aliphatic carbocycles. The van der Waals surface area contributed by atoms with E-state index >= 15 is 0 Å². The number of phenolic OH excluding ortho intramolecular Hbond substituents is 1. The highest BCUT2D eigenvalue weighted by Gasteiger charge is 1.98. The zero-order valence-electron chi connectivity index (χ0n) is 10.3. The van der Waals surface area contributed by atoms with Gasteiger partial charge in [0, 0.05) is 10.0 Å². The van der Waals surface area contributed by atoms with E-state index in [-0.39, 0.29) is 5.75 Å². The number of methoxy groups -OCH3 is 1. The number of nitrogens with zero attached hydrogens (tertiary/aromatic N) is 1. The molecule has 2 N–H and O–H groups in total. The molecule has 5 heteroatoms. The Morgan fingerprint density at radius 2 is 1.95 bits per heavy atom. The number of benzene rings is 2. The molecule has 0 unspecified atom stereocenters. The molecule has 0 spiro atoms. The Morgan fingerprint density at radius 1 is 1.21 bits per heavy atom. The first kappa shape index (κ1) is 13.4. The lowest BCUT2D eigenvalue weighted by atomic mass is 10.2. The van der Waals surface area contributed by atoms with E-state index in [0.29, 0.717) is 5.56 Å². The Balaban J connectivity index is 2.04. The van der Waals surface area contributed by atoms with Gasteiger partial charge in [-0.2, -0.15) is 5.10 Å². The molecule has 0 radical (unpaired) electrons. The topological polar surface area (TPSA) is 53.8 Å². The number of ether oxygens (including phenoxy) is 1. The van der Waals surface area contributed by atoms with Crippen LogP contribution in [-0.4, -0.2) is 18.4 Å². The predicted octanol–water partition coefficient (Wildman–Crippen LogP) is 3.61. The van der Waals surface area contributed by atoms with Crippen LogP contribution in [0.5, 0.6) is 11.5 Å². The van der Waals surface area contributed by atoms with Crippen molar-refractivity contribution in [3.63, 3.8) is 0 Å². The molecule has 0 aliphatic rings. The molecule has 0 atom stereocenters. The minimum Gasteiger partial charge on any atom is -0.507 e. The number of phenols is 1. The molecule has 0 saturated carbocycles. The molecule has 0 fully saturated rings. The Labute approximate surface area is 119 Å². The maximum atomic E-state index is 9.64. The van der Waals surface area contributed by atoms with Gasteiger partial charge in [-0.25, -0.2) is 0 Å². The Hall–Kier alpha value is -2.01. The van der Waals surface area contributed by atoms with Crippen LogP contribution in [0.4, 0.5) is 5.69 Å². The van der Waals surface area contributed by atoms with E-state index in [2.05, 4.69) is 26.5 Å². The number of hydrazone groups is 1. The number of rotatable bonds is 4. The standard InChI is InChI=1S/C14H13BrN2O2/c1-19-13-5-3-12(4-6-13)17-16-9-10-8-11(15)2-7-14(10)18/h2-9,17-18H,1H3/b16-9+. The quantitative estimate of drug-likeness (QED) is 0.668. The van der Waals surface area contributed by atoms with Crippen molar-refractivity contribution in [3.8, 4) is 11.5 Å². The average molecular weight is 321 g/mol. The highest BCUT2D eigenvalue weighted by atomic mass is 79.9. The normalized spacial score (nSPS) is 10.6. The summed E-state index contributed by atoms with van der Waals surface area (Å²) in [6, 6.07) is 12.6. The summed E-state index contributed by atoms with van der Waals surface area (Å²) in [5.41, 5.74) is 4.35. The third-order valence-electron chi connectivity index (χ3n) is 2.48. The van der Waals surface area contributed by atoms with E-state index in [1.165, 1.54) is 0 Å². The van der Waals surface area contributed by atoms with Crippen molar-refractivity contribution in [1.82, 2.24) is 0 Å². The summed E-state index contributed by atoms with van der Waals surface area (Å²) in [6.07, 6.45) is 1.56. The van der Waals surface area contributed by atoms with Gasteiger partial charge in [0.15, 0.2) is 0 Å². The first-order chi connectivity index (χ1) is 9.19. The van der Waals surface area contributed by atoms with Gasteiger partial charge in [0.05, 0.1) is 19.0 Å². The average Bonchev–Trinajstić information content (AvgIpc) is 2.43. The van der Waals surface area contributed by atoms with Crippen molar-refractivity contribution in [2.45, 2.75) is 0 Å². The van der Waals surface area contributed by atoms with Crippen LogP contribution in [0.2, 0.25) is 0 Å². The molecule has 0 bridgehead atoms. The number of halogens is 1. The second kappa shape index (κ2) is 6.24. The lowest BCUT2D eigenvalue weighted by Gasteiger charge is -2.03. The van der Waals surface area contributed by atoms with Gasteiger partial charge in [0.1, 0.15) is 11.5 Å². The lowest BCUT2D eigenvalue weighted by Crippen LogP contribution is -1.91. The highest BCUT2D eigenvalue weighted by Crippen LogP contribution is 2.20. The number of aromatic hydroxyl groups is 1. The van der Waals surface area contributed by atoms with Crippen molar-refractivity contribution in [1.29, 1.82) is 0 Å². The van der Waals surface area contributed by atoms with Crippen molar-refractivity contribution < 1.29 is 9.84 Å². The number of hydrogen-bond donors (Lipinski definition) is 2.